The monoisotopic (exact) mass is 818 g/mol. The largest absolute Gasteiger partial charge is 0.307 e. The molecular formula is C56H34N8. The number of hydrogen-bond acceptors (Lipinski definition) is 6. The maximum Gasteiger partial charge on any atom is 0.164 e. The van der Waals surface area contributed by atoms with Gasteiger partial charge >= 0.3 is 0 Å². The SMILES string of the molecule is N#Cc1cc(-c2nc(-c3ccccc3)nc(-c3ccccc3)n2)ccc1-n1c2ccccc2c2ccc3c(c4ccccc4n3-c3cc(-c4ccccc4)nc(-c4ccccc4)n3)c21. The van der Waals surface area contributed by atoms with Crippen LogP contribution in [0.4, 0.5) is 0 Å². The number of rotatable bonds is 7. The number of fused-ring (bicyclic) bond motifs is 7. The second kappa shape index (κ2) is 15.1. The Labute approximate surface area is 367 Å². The summed E-state index contributed by atoms with van der Waals surface area (Å²) in [5, 5.41) is 15.3. The fourth-order valence-corrected chi connectivity index (χ4v) is 8.93. The predicted molar refractivity (Wildman–Crippen MR) is 256 cm³/mol. The van der Waals surface area contributed by atoms with Crippen molar-refractivity contribution in [2.75, 3.05) is 0 Å². The van der Waals surface area contributed by atoms with Crippen LogP contribution in [0.5, 0.6) is 0 Å². The Morgan fingerprint density at radius 1 is 0.359 bits per heavy atom. The first-order valence-corrected chi connectivity index (χ1v) is 21.1. The first-order chi connectivity index (χ1) is 31.7. The predicted octanol–water partition coefficient (Wildman–Crippen LogP) is 13.1. The quantitative estimate of drug-likeness (QED) is 0.159. The van der Waals surface area contributed by atoms with Gasteiger partial charge < -0.3 is 4.57 Å². The number of nitrogens with zero attached hydrogens (tertiary/aromatic N) is 8. The molecule has 0 aliphatic heterocycles. The summed E-state index contributed by atoms with van der Waals surface area (Å²) in [6.07, 6.45) is 0. The highest BCUT2D eigenvalue weighted by molar-refractivity contribution is 6.26. The molecule has 0 spiro atoms. The van der Waals surface area contributed by atoms with Crippen LogP contribution in [0.25, 0.3) is 112 Å². The normalized spacial score (nSPS) is 11.4. The molecule has 8 heteroatoms. The molecule has 64 heavy (non-hydrogen) atoms. The Kier molecular flexibility index (Phi) is 8.69. The molecule has 12 rings (SSSR count). The van der Waals surface area contributed by atoms with Crippen molar-refractivity contribution in [3.63, 3.8) is 0 Å². The summed E-state index contributed by atoms with van der Waals surface area (Å²) in [5.74, 6) is 3.00. The van der Waals surface area contributed by atoms with Crippen LogP contribution in [-0.4, -0.2) is 34.1 Å². The lowest BCUT2D eigenvalue weighted by molar-refractivity contribution is 1.05. The van der Waals surface area contributed by atoms with Gasteiger partial charge in [0.05, 0.1) is 39.0 Å². The van der Waals surface area contributed by atoms with Crippen molar-refractivity contribution in [3.8, 4) is 74.4 Å². The van der Waals surface area contributed by atoms with E-state index in [1.807, 2.05) is 127 Å². The third kappa shape index (κ3) is 6.11. The third-order valence-corrected chi connectivity index (χ3v) is 11.8. The molecule has 0 saturated heterocycles. The summed E-state index contributed by atoms with van der Waals surface area (Å²) in [6, 6.07) is 72.0. The van der Waals surface area contributed by atoms with E-state index >= 15 is 0 Å². The molecule has 0 aliphatic carbocycles. The Hall–Kier alpha value is -9.06. The fraction of sp³-hybridized carbons (Fsp3) is 0. The molecule has 0 saturated carbocycles. The Bertz CT molecular complexity index is 3660. The number of benzene rings is 8. The van der Waals surface area contributed by atoms with Gasteiger partial charge in [-0.2, -0.15) is 5.26 Å². The van der Waals surface area contributed by atoms with Gasteiger partial charge in [0, 0.05) is 55.4 Å². The Morgan fingerprint density at radius 3 is 1.45 bits per heavy atom. The minimum Gasteiger partial charge on any atom is -0.307 e. The van der Waals surface area contributed by atoms with Crippen LogP contribution in [0.2, 0.25) is 0 Å². The smallest absolute Gasteiger partial charge is 0.164 e. The molecule has 0 atom stereocenters. The zero-order chi connectivity index (χ0) is 42.6. The summed E-state index contributed by atoms with van der Waals surface area (Å²) in [5.41, 5.74) is 10.4. The fourth-order valence-electron chi connectivity index (χ4n) is 8.93. The lowest BCUT2D eigenvalue weighted by Gasteiger charge is -2.13. The van der Waals surface area contributed by atoms with E-state index in [1.54, 1.807) is 0 Å². The van der Waals surface area contributed by atoms with Gasteiger partial charge in [0.25, 0.3) is 0 Å². The second-order valence-electron chi connectivity index (χ2n) is 15.6. The van der Waals surface area contributed by atoms with Gasteiger partial charge in [-0.25, -0.2) is 24.9 Å². The number of aromatic nitrogens is 7. The van der Waals surface area contributed by atoms with E-state index in [-0.39, 0.29) is 0 Å². The summed E-state index contributed by atoms with van der Waals surface area (Å²) >= 11 is 0. The lowest BCUT2D eigenvalue weighted by Crippen LogP contribution is -2.03. The Balaban J connectivity index is 1.10. The summed E-state index contributed by atoms with van der Waals surface area (Å²) in [4.78, 5) is 25.2. The maximum absolute atomic E-state index is 11.0. The first kappa shape index (κ1) is 36.8. The molecule has 0 radical (unpaired) electrons. The van der Waals surface area contributed by atoms with E-state index in [0.717, 1.165) is 83.1 Å². The zero-order valence-corrected chi connectivity index (χ0v) is 34.2. The van der Waals surface area contributed by atoms with Crippen molar-refractivity contribution in [1.29, 1.82) is 5.26 Å². The summed E-state index contributed by atoms with van der Waals surface area (Å²) < 4.78 is 4.49. The molecule has 0 amide bonds. The van der Waals surface area contributed by atoms with Crippen molar-refractivity contribution < 1.29 is 0 Å². The van der Waals surface area contributed by atoms with E-state index in [2.05, 4.69) is 94.1 Å². The van der Waals surface area contributed by atoms with E-state index in [4.69, 9.17) is 24.9 Å². The van der Waals surface area contributed by atoms with Gasteiger partial charge in [0.2, 0.25) is 0 Å². The molecule has 8 aromatic carbocycles. The maximum atomic E-state index is 11.0. The van der Waals surface area contributed by atoms with Crippen LogP contribution in [0.1, 0.15) is 5.56 Å². The molecule has 0 N–H and O–H groups in total. The highest BCUT2D eigenvalue weighted by atomic mass is 15.1. The van der Waals surface area contributed by atoms with Gasteiger partial charge in [-0.05, 0) is 36.4 Å². The van der Waals surface area contributed by atoms with Crippen LogP contribution >= 0.6 is 0 Å². The Morgan fingerprint density at radius 2 is 0.859 bits per heavy atom. The van der Waals surface area contributed by atoms with E-state index in [1.165, 1.54) is 0 Å². The van der Waals surface area contributed by atoms with Crippen LogP contribution in [0.3, 0.4) is 0 Å². The number of nitriles is 1. The van der Waals surface area contributed by atoms with Gasteiger partial charge in [-0.3, -0.25) is 4.57 Å². The average molecular weight is 819 g/mol. The molecule has 0 fully saturated rings. The van der Waals surface area contributed by atoms with Crippen molar-refractivity contribution >= 4 is 43.6 Å². The van der Waals surface area contributed by atoms with Crippen LogP contribution < -0.4 is 0 Å². The highest BCUT2D eigenvalue weighted by Crippen LogP contribution is 2.43. The van der Waals surface area contributed by atoms with Crippen molar-refractivity contribution in [1.82, 2.24) is 34.1 Å². The van der Waals surface area contributed by atoms with Crippen molar-refractivity contribution in [2.24, 2.45) is 0 Å². The van der Waals surface area contributed by atoms with E-state index in [9.17, 15) is 5.26 Å². The van der Waals surface area contributed by atoms with Gasteiger partial charge in [0.1, 0.15) is 11.9 Å². The molecule has 0 unspecified atom stereocenters. The molecule has 0 aliphatic rings. The van der Waals surface area contributed by atoms with Crippen LogP contribution in [0.15, 0.2) is 206 Å². The highest BCUT2D eigenvalue weighted by Gasteiger charge is 2.24. The molecule has 4 aromatic heterocycles. The average Bonchev–Trinajstić information content (AvgIpc) is 3.90. The van der Waals surface area contributed by atoms with Crippen molar-refractivity contribution in [3.05, 3.63) is 212 Å². The third-order valence-electron chi connectivity index (χ3n) is 11.8. The summed E-state index contributed by atoms with van der Waals surface area (Å²) in [7, 11) is 0. The minimum atomic E-state index is 0.484. The standard InChI is InChI=1S/C56H34N8/c57-35-41-33-40(56-61-54(38-21-9-3-10-22-38)60-55(62-56)39-23-11-4-12-24-39)29-31-46(41)64-47-27-15-13-25-42(47)43-30-32-49-51(52(43)64)44-26-14-16-28-48(44)63(49)50-34-45(36-17-5-1-6-18-36)58-53(59-50)37-19-7-2-8-20-37/h1-34H. The van der Waals surface area contributed by atoms with E-state index in [0.29, 0.717) is 34.4 Å². The lowest BCUT2D eigenvalue weighted by atomic mass is 10.1. The van der Waals surface area contributed by atoms with Crippen LogP contribution in [-0.2, 0) is 0 Å². The molecule has 12 aromatic rings. The van der Waals surface area contributed by atoms with Crippen LogP contribution in [0, 0.1) is 11.3 Å². The first-order valence-electron chi connectivity index (χ1n) is 21.1. The number of para-hydroxylation sites is 2. The van der Waals surface area contributed by atoms with E-state index < -0.39 is 0 Å². The second-order valence-corrected chi connectivity index (χ2v) is 15.6. The van der Waals surface area contributed by atoms with Gasteiger partial charge in [0.15, 0.2) is 23.3 Å². The number of hydrogen-bond donors (Lipinski definition) is 0. The molecule has 0 bridgehead atoms. The molecular weight excluding hydrogens is 785 g/mol. The van der Waals surface area contributed by atoms with Gasteiger partial charge in [-0.1, -0.05) is 164 Å². The topological polar surface area (TPSA) is 98.1 Å². The minimum absolute atomic E-state index is 0.484. The molecule has 4 heterocycles. The molecule has 8 nitrogen and oxygen atoms in total. The van der Waals surface area contributed by atoms with Crippen molar-refractivity contribution in [2.45, 2.75) is 0 Å². The zero-order valence-electron chi connectivity index (χ0n) is 34.2. The van der Waals surface area contributed by atoms with Gasteiger partial charge in [-0.15, -0.1) is 0 Å². The molecule has 298 valence electrons. The summed E-state index contributed by atoms with van der Waals surface area (Å²) in [6.45, 7) is 0.